The van der Waals surface area contributed by atoms with Gasteiger partial charge in [-0.15, -0.1) is 0 Å². The standard InChI is InChI=1S/C11H15N3O/c1-8-6-10(13-7-9(8)12)11(15)14-4-2-3-5-14/h6-7H,2-5,12H2,1H3. The summed E-state index contributed by atoms with van der Waals surface area (Å²) in [6.07, 6.45) is 3.75. The Balaban J connectivity index is 2.21. The van der Waals surface area contributed by atoms with E-state index in [0.717, 1.165) is 31.5 Å². The maximum absolute atomic E-state index is 11.9. The van der Waals surface area contributed by atoms with Crippen molar-refractivity contribution in [3.05, 3.63) is 23.5 Å². The summed E-state index contributed by atoms with van der Waals surface area (Å²) in [6, 6.07) is 1.76. The smallest absolute Gasteiger partial charge is 0.272 e. The lowest BCUT2D eigenvalue weighted by atomic mass is 10.2. The number of nitrogens with zero attached hydrogens (tertiary/aromatic N) is 2. The number of nitrogens with two attached hydrogens (primary N) is 1. The fraction of sp³-hybridized carbons (Fsp3) is 0.455. The van der Waals surface area contributed by atoms with Gasteiger partial charge in [-0.2, -0.15) is 0 Å². The molecule has 15 heavy (non-hydrogen) atoms. The Labute approximate surface area is 89.1 Å². The molecular formula is C11H15N3O. The topological polar surface area (TPSA) is 59.2 Å². The Hall–Kier alpha value is -1.58. The summed E-state index contributed by atoms with van der Waals surface area (Å²) in [7, 11) is 0. The predicted molar refractivity (Wildman–Crippen MR) is 58.5 cm³/mol. The predicted octanol–water partition coefficient (Wildman–Crippen LogP) is 1.21. The number of hydrogen-bond donors (Lipinski definition) is 1. The number of aromatic nitrogens is 1. The molecular weight excluding hydrogens is 190 g/mol. The van der Waals surface area contributed by atoms with Crippen LogP contribution in [0.5, 0.6) is 0 Å². The van der Waals surface area contributed by atoms with Gasteiger partial charge >= 0.3 is 0 Å². The molecule has 1 fully saturated rings. The highest BCUT2D eigenvalue weighted by Crippen LogP contribution is 2.14. The van der Waals surface area contributed by atoms with Crippen LogP contribution in [0.4, 0.5) is 5.69 Å². The van der Waals surface area contributed by atoms with Crippen molar-refractivity contribution in [3.63, 3.8) is 0 Å². The number of nitrogen functional groups attached to an aromatic ring is 1. The van der Waals surface area contributed by atoms with E-state index < -0.39 is 0 Å². The molecule has 4 heteroatoms. The van der Waals surface area contributed by atoms with E-state index in [9.17, 15) is 4.79 Å². The Kier molecular flexibility index (Phi) is 2.58. The fourth-order valence-corrected chi connectivity index (χ4v) is 1.77. The number of carbonyl (C=O) groups excluding carboxylic acids is 1. The highest BCUT2D eigenvalue weighted by Gasteiger charge is 2.20. The van der Waals surface area contributed by atoms with Crippen molar-refractivity contribution in [2.45, 2.75) is 19.8 Å². The number of pyridine rings is 1. The number of likely N-dealkylation sites (tertiary alicyclic amines) is 1. The minimum absolute atomic E-state index is 0.0237. The van der Waals surface area contributed by atoms with Gasteiger partial charge in [0.2, 0.25) is 0 Å². The first-order chi connectivity index (χ1) is 7.18. The van der Waals surface area contributed by atoms with Crippen LogP contribution >= 0.6 is 0 Å². The van der Waals surface area contributed by atoms with Crippen LogP contribution in [0.25, 0.3) is 0 Å². The van der Waals surface area contributed by atoms with Crippen LogP contribution in [0.15, 0.2) is 12.3 Å². The molecule has 1 amide bonds. The third-order valence-electron chi connectivity index (χ3n) is 2.76. The molecule has 1 aliphatic heterocycles. The van der Waals surface area contributed by atoms with Crippen LogP contribution < -0.4 is 5.73 Å². The minimum Gasteiger partial charge on any atom is -0.397 e. The zero-order valence-electron chi connectivity index (χ0n) is 8.86. The van der Waals surface area contributed by atoms with Crippen LogP contribution in [0.3, 0.4) is 0 Å². The number of carbonyl (C=O) groups is 1. The van der Waals surface area contributed by atoms with Crippen LogP contribution in [0.2, 0.25) is 0 Å². The SMILES string of the molecule is Cc1cc(C(=O)N2CCCC2)ncc1N. The van der Waals surface area contributed by atoms with Crippen molar-refractivity contribution in [3.8, 4) is 0 Å². The van der Waals surface area contributed by atoms with Crippen molar-refractivity contribution in [2.75, 3.05) is 18.8 Å². The van der Waals surface area contributed by atoms with E-state index in [0.29, 0.717) is 11.4 Å². The summed E-state index contributed by atoms with van der Waals surface area (Å²) >= 11 is 0. The van der Waals surface area contributed by atoms with Gasteiger partial charge < -0.3 is 10.6 Å². The third kappa shape index (κ3) is 1.93. The molecule has 0 radical (unpaired) electrons. The lowest BCUT2D eigenvalue weighted by molar-refractivity contribution is 0.0787. The van der Waals surface area contributed by atoms with E-state index in [1.165, 1.54) is 0 Å². The Bertz CT molecular complexity index is 383. The first-order valence-electron chi connectivity index (χ1n) is 5.20. The van der Waals surface area contributed by atoms with E-state index in [-0.39, 0.29) is 5.91 Å². The Morgan fingerprint density at radius 3 is 2.73 bits per heavy atom. The van der Waals surface area contributed by atoms with E-state index in [1.807, 2.05) is 11.8 Å². The molecule has 1 aromatic heterocycles. The van der Waals surface area contributed by atoms with Crippen LogP contribution in [0.1, 0.15) is 28.9 Å². The summed E-state index contributed by atoms with van der Waals surface area (Å²) in [5, 5.41) is 0. The minimum atomic E-state index is 0.0237. The molecule has 1 saturated heterocycles. The highest BCUT2D eigenvalue weighted by molar-refractivity contribution is 5.92. The van der Waals surface area contributed by atoms with Crippen molar-refractivity contribution in [1.29, 1.82) is 0 Å². The Morgan fingerprint density at radius 1 is 1.47 bits per heavy atom. The Morgan fingerprint density at radius 2 is 2.13 bits per heavy atom. The second kappa shape index (κ2) is 3.88. The number of hydrogen-bond acceptors (Lipinski definition) is 3. The van der Waals surface area contributed by atoms with Crippen molar-refractivity contribution in [2.24, 2.45) is 0 Å². The maximum atomic E-state index is 11.9. The van der Waals surface area contributed by atoms with Gasteiger partial charge in [0.25, 0.3) is 5.91 Å². The van der Waals surface area contributed by atoms with E-state index in [2.05, 4.69) is 4.98 Å². The fourth-order valence-electron chi connectivity index (χ4n) is 1.77. The zero-order chi connectivity index (χ0) is 10.8. The summed E-state index contributed by atoms with van der Waals surface area (Å²) in [4.78, 5) is 17.8. The molecule has 1 aliphatic rings. The average molecular weight is 205 g/mol. The van der Waals surface area contributed by atoms with E-state index >= 15 is 0 Å². The van der Waals surface area contributed by atoms with Gasteiger partial charge in [0.05, 0.1) is 11.9 Å². The molecule has 2 rings (SSSR count). The zero-order valence-corrected chi connectivity index (χ0v) is 8.86. The molecule has 0 spiro atoms. The normalized spacial score (nSPS) is 15.7. The summed E-state index contributed by atoms with van der Waals surface area (Å²) < 4.78 is 0. The van der Waals surface area contributed by atoms with Crippen LogP contribution in [-0.4, -0.2) is 28.9 Å². The third-order valence-corrected chi connectivity index (χ3v) is 2.76. The van der Waals surface area contributed by atoms with Gasteiger partial charge in [-0.3, -0.25) is 4.79 Å². The van der Waals surface area contributed by atoms with Gasteiger partial charge in [-0.25, -0.2) is 4.98 Å². The summed E-state index contributed by atoms with van der Waals surface area (Å²) in [5.41, 5.74) is 7.70. The number of anilines is 1. The molecule has 2 heterocycles. The molecule has 80 valence electrons. The molecule has 4 nitrogen and oxygen atoms in total. The average Bonchev–Trinajstić information content (AvgIpc) is 2.74. The van der Waals surface area contributed by atoms with Crippen molar-refractivity contribution < 1.29 is 4.79 Å². The molecule has 1 aromatic rings. The number of amides is 1. The summed E-state index contributed by atoms with van der Waals surface area (Å²) in [6.45, 7) is 3.59. The van der Waals surface area contributed by atoms with Crippen LogP contribution in [-0.2, 0) is 0 Å². The molecule has 0 saturated carbocycles. The van der Waals surface area contributed by atoms with E-state index in [4.69, 9.17) is 5.73 Å². The maximum Gasteiger partial charge on any atom is 0.272 e. The van der Waals surface area contributed by atoms with Gasteiger partial charge in [-0.1, -0.05) is 0 Å². The van der Waals surface area contributed by atoms with Gasteiger partial charge in [0.15, 0.2) is 0 Å². The van der Waals surface area contributed by atoms with Gasteiger partial charge in [0.1, 0.15) is 5.69 Å². The highest BCUT2D eigenvalue weighted by atomic mass is 16.2. The summed E-state index contributed by atoms with van der Waals surface area (Å²) in [5.74, 6) is 0.0237. The lowest BCUT2D eigenvalue weighted by Gasteiger charge is -2.14. The second-order valence-electron chi connectivity index (χ2n) is 3.93. The van der Waals surface area contributed by atoms with Crippen molar-refractivity contribution in [1.82, 2.24) is 9.88 Å². The molecule has 0 atom stereocenters. The van der Waals surface area contributed by atoms with Crippen molar-refractivity contribution >= 4 is 11.6 Å². The molecule has 0 unspecified atom stereocenters. The molecule has 2 N–H and O–H groups in total. The van der Waals surface area contributed by atoms with Crippen LogP contribution in [0, 0.1) is 6.92 Å². The second-order valence-corrected chi connectivity index (χ2v) is 3.93. The molecule has 0 bridgehead atoms. The van der Waals surface area contributed by atoms with Gasteiger partial charge in [-0.05, 0) is 31.4 Å². The molecule has 0 aromatic carbocycles. The largest absolute Gasteiger partial charge is 0.397 e. The number of aryl methyl sites for hydroxylation is 1. The number of rotatable bonds is 1. The quantitative estimate of drug-likeness (QED) is 0.749. The first-order valence-corrected chi connectivity index (χ1v) is 5.20. The first kappa shape index (κ1) is 9.96. The molecule has 0 aliphatic carbocycles. The van der Waals surface area contributed by atoms with Gasteiger partial charge in [0, 0.05) is 13.1 Å². The van der Waals surface area contributed by atoms with E-state index in [1.54, 1.807) is 12.3 Å². The monoisotopic (exact) mass is 205 g/mol. The lowest BCUT2D eigenvalue weighted by Crippen LogP contribution is -2.28.